The van der Waals surface area contributed by atoms with Crippen LogP contribution >= 0.6 is 31.6 Å². The van der Waals surface area contributed by atoms with Crippen molar-refractivity contribution in [3.05, 3.63) is 44.7 Å². The maximum absolute atomic E-state index is 10.3. The molecule has 4 N–H and O–H groups in total. The highest BCUT2D eigenvalue weighted by Gasteiger charge is 2.20. The third-order valence-electron chi connectivity index (χ3n) is 4.64. The molecule has 7 heteroatoms. The summed E-state index contributed by atoms with van der Waals surface area (Å²) in [6.45, 7) is 2.35. The van der Waals surface area contributed by atoms with E-state index in [1.54, 1.807) is 6.07 Å². The Morgan fingerprint density at radius 1 is 1.16 bits per heavy atom. The molecule has 1 fully saturated rings. The number of allylic oxidation sites excluding steroid dienone is 1. The van der Waals surface area contributed by atoms with Gasteiger partial charge in [-0.15, -0.1) is 0 Å². The van der Waals surface area contributed by atoms with E-state index in [1.165, 1.54) is 6.42 Å². The molecule has 140 valence electrons. The second-order valence-corrected chi connectivity index (χ2v) is 8.49. The van der Waals surface area contributed by atoms with Crippen LogP contribution in [-0.4, -0.2) is 27.5 Å². The molecule has 25 heavy (non-hydrogen) atoms. The van der Waals surface area contributed by atoms with Crippen molar-refractivity contribution in [1.29, 1.82) is 0 Å². The Morgan fingerprint density at radius 2 is 1.84 bits per heavy atom. The van der Waals surface area contributed by atoms with Crippen molar-refractivity contribution < 1.29 is 14.9 Å². The van der Waals surface area contributed by atoms with Crippen molar-refractivity contribution in [3.8, 4) is 0 Å². The molecular formula is C18H26Cl2NO3P. The summed E-state index contributed by atoms with van der Waals surface area (Å²) in [6.07, 6.45) is 4.82. The van der Waals surface area contributed by atoms with Crippen LogP contribution in [0.15, 0.2) is 29.1 Å². The van der Waals surface area contributed by atoms with Crippen molar-refractivity contribution in [1.82, 2.24) is 5.32 Å². The quantitative estimate of drug-likeness (QED) is 0.486. The van der Waals surface area contributed by atoms with Crippen molar-refractivity contribution in [3.63, 3.8) is 0 Å². The molecule has 1 aliphatic carbocycles. The normalized spacial score (nSPS) is 17.6. The summed E-state index contributed by atoms with van der Waals surface area (Å²) in [5, 5.41) is 15.3. The Bertz CT molecular complexity index is 602. The Morgan fingerprint density at radius 3 is 2.44 bits per heavy atom. The predicted molar refractivity (Wildman–Crippen MR) is 105 cm³/mol. The lowest BCUT2D eigenvalue weighted by molar-refractivity contribution is 0.168. The van der Waals surface area contributed by atoms with Crippen LogP contribution in [0.5, 0.6) is 0 Å². The van der Waals surface area contributed by atoms with Crippen molar-refractivity contribution in [2.45, 2.75) is 57.6 Å². The van der Waals surface area contributed by atoms with E-state index < -0.39 is 14.5 Å². The fourth-order valence-electron chi connectivity index (χ4n) is 3.14. The fourth-order valence-corrected chi connectivity index (χ4v) is 4.33. The lowest BCUT2D eigenvalue weighted by Gasteiger charge is -2.23. The molecule has 1 aromatic carbocycles. The van der Waals surface area contributed by atoms with Crippen molar-refractivity contribution in [2.24, 2.45) is 0 Å². The van der Waals surface area contributed by atoms with E-state index in [-0.39, 0.29) is 6.04 Å². The zero-order valence-corrected chi connectivity index (χ0v) is 16.8. The van der Waals surface area contributed by atoms with E-state index in [9.17, 15) is 14.9 Å². The van der Waals surface area contributed by atoms with Crippen LogP contribution in [0.2, 0.25) is 10.0 Å². The van der Waals surface area contributed by atoms with Gasteiger partial charge in [0.2, 0.25) is 0 Å². The van der Waals surface area contributed by atoms with E-state index in [2.05, 4.69) is 5.32 Å². The average Bonchev–Trinajstić information content (AvgIpc) is 2.60. The number of aliphatic hydroxyl groups is 1. The van der Waals surface area contributed by atoms with Gasteiger partial charge in [-0.2, -0.15) is 0 Å². The van der Waals surface area contributed by atoms with Gasteiger partial charge < -0.3 is 20.2 Å². The van der Waals surface area contributed by atoms with Crippen LogP contribution in [-0.2, 0) is 0 Å². The van der Waals surface area contributed by atoms with E-state index in [4.69, 9.17) is 23.2 Å². The molecule has 1 aromatic rings. The Balaban J connectivity index is 1.92. The molecule has 1 aliphatic rings. The minimum atomic E-state index is -2.14. The highest BCUT2D eigenvalue weighted by atomic mass is 35.5. The summed E-state index contributed by atoms with van der Waals surface area (Å²) >= 11 is 12.0. The molecule has 1 saturated carbocycles. The highest BCUT2D eigenvalue weighted by molar-refractivity contribution is 7.50. The number of aliphatic hydroxyl groups excluding tert-OH is 1. The molecule has 2 atom stereocenters. The number of halogens is 2. The Labute approximate surface area is 160 Å². The predicted octanol–water partition coefficient (Wildman–Crippen LogP) is 4.91. The molecule has 0 bridgehead atoms. The van der Waals surface area contributed by atoms with Gasteiger partial charge in [0.1, 0.15) is 0 Å². The first-order valence-electron chi connectivity index (χ1n) is 8.63. The summed E-state index contributed by atoms with van der Waals surface area (Å²) in [7, 11) is -2.14. The summed E-state index contributed by atoms with van der Waals surface area (Å²) in [5.41, 5.74) is 2.11. The molecule has 0 spiro atoms. The lowest BCUT2D eigenvalue weighted by atomic mass is 9.93. The van der Waals surface area contributed by atoms with E-state index >= 15 is 0 Å². The monoisotopic (exact) mass is 405 g/mol. The first kappa shape index (κ1) is 21.1. The first-order valence-corrected chi connectivity index (χ1v) is 10.6. The molecule has 2 rings (SSSR count). The maximum Gasteiger partial charge on any atom is 0.195 e. The molecular weight excluding hydrogens is 380 g/mol. The van der Waals surface area contributed by atoms with Crippen molar-refractivity contribution >= 4 is 31.6 Å². The molecule has 0 amide bonds. The number of hydrogen-bond acceptors (Lipinski definition) is 4. The van der Waals surface area contributed by atoms with Crippen LogP contribution in [0.4, 0.5) is 0 Å². The zero-order chi connectivity index (χ0) is 18.4. The van der Waals surface area contributed by atoms with Gasteiger partial charge in [0, 0.05) is 24.3 Å². The van der Waals surface area contributed by atoms with Gasteiger partial charge in [0.25, 0.3) is 0 Å². The average molecular weight is 406 g/mol. The van der Waals surface area contributed by atoms with Gasteiger partial charge in [-0.05, 0) is 50.3 Å². The topological polar surface area (TPSA) is 72.7 Å². The smallest absolute Gasteiger partial charge is 0.195 e. The molecule has 0 heterocycles. The van der Waals surface area contributed by atoms with E-state index in [0.717, 1.165) is 36.8 Å². The van der Waals surface area contributed by atoms with Crippen LogP contribution in [0.25, 0.3) is 0 Å². The summed E-state index contributed by atoms with van der Waals surface area (Å²) in [5.74, 6) is 0. The number of nitrogens with one attached hydrogen (secondary N) is 1. The van der Waals surface area contributed by atoms with Gasteiger partial charge in [-0.3, -0.25) is 0 Å². The van der Waals surface area contributed by atoms with Crippen LogP contribution in [0, 0.1) is 0 Å². The second kappa shape index (κ2) is 10.2. The van der Waals surface area contributed by atoms with Crippen molar-refractivity contribution in [2.75, 3.05) is 6.54 Å². The molecule has 0 aromatic heterocycles. The Hall–Kier alpha value is -0.190. The lowest BCUT2D eigenvalue weighted by Crippen LogP contribution is -2.29. The third-order valence-corrected chi connectivity index (χ3v) is 6.36. The van der Waals surface area contributed by atoms with Crippen LogP contribution in [0.1, 0.15) is 57.1 Å². The minimum absolute atomic E-state index is 0.0000328. The summed E-state index contributed by atoms with van der Waals surface area (Å²) < 4.78 is 0. The number of rotatable bonds is 7. The van der Waals surface area contributed by atoms with Gasteiger partial charge in [0.15, 0.2) is 8.38 Å². The van der Waals surface area contributed by atoms with Gasteiger partial charge in [-0.1, -0.05) is 41.3 Å². The largest absolute Gasteiger partial charge is 0.391 e. The number of benzene rings is 1. The molecule has 0 radical (unpaired) electrons. The van der Waals surface area contributed by atoms with E-state index in [0.29, 0.717) is 28.3 Å². The minimum Gasteiger partial charge on any atom is -0.391 e. The maximum atomic E-state index is 10.3. The van der Waals surface area contributed by atoms with Crippen LogP contribution < -0.4 is 5.32 Å². The zero-order valence-electron chi connectivity index (χ0n) is 14.4. The molecule has 0 unspecified atom stereocenters. The second-order valence-electron chi connectivity index (χ2n) is 6.56. The van der Waals surface area contributed by atoms with Gasteiger partial charge in [-0.25, -0.2) is 0 Å². The highest BCUT2D eigenvalue weighted by Crippen LogP contribution is 2.44. The summed E-state index contributed by atoms with van der Waals surface area (Å²) in [6, 6.07) is 5.46. The standard InChI is InChI=1S/C18H26Cl2NO3P/c1-12(14-7-8-16(19)17(20)9-14)21-11-15(22)10-18(25(23)24)13-5-3-2-4-6-13/h7-9,12,15,21-24H,2-6,10-11H2,1H3/t12-,15-/m1/s1. The number of hydrogen-bond donors (Lipinski definition) is 4. The molecule has 0 saturated heterocycles. The van der Waals surface area contributed by atoms with E-state index in [1.807, 2.05) is 19.1 Å². The molecule has 0 aliphatic heterocycles. The fraction of sp³-hybridized carbons (Fsp3) is 0.556. The van der Waals surface area contributed by atoms with Crippen LogP contribution in [0.3, 0.4) is 0 Å². The Kier molecular flexibility index (Phi) is 8.63. The molecule has 4 nitrogen and oxygen atoms in total. The summed E-state index contributed by atoms with van der Waals surface area (Å²) in [4.78, 5) is 19.5. The first-order chi connectivity index (χ1) is 11.9. The third kappa shape index (κ3) is 6.48. The van der Waals surface area contributed by atoms with Gasteiger partial charge in [0.05, 0.1) is 16.1 Å². The SMILES string of the molecule is C[C@@H](NC[C@H](O)CC(=C1CCCCC1)P(O)O)c1ccc(Cl)c(Cl)c1. The van der Waals surface area contributed by atoms with Gasteiger partial charge >= 0.3 is 0 Å².